The largest absolute Gasteiger partial charge is 0.444 e. The maximum atomic E-state index is 15.5. The molecule has 0 unspecified atom stereocenters. The summed E-state index contributed by atoms with van der Waals surface area (Å²) >= 11 is 6.56. The molecular formula is C26H26ClFN2O3. The lowest BCUT2D eigenvalue weighted by Gasteiger charge is -2.30. The Morgan fingerprint density at radius 3 is 2.70 bits per heavy atom. The zero-order chi connectivity index (χ0) is 23.5. The third kappa shape index (κ3) is 4.01. The summed E-state index contributed by atoms with van der Waals surface area (Å²) in [6.07, 6.45) is 2.73. The number of benzene rings is 2. The lowest BCUT2D eigenvalue weighted by Crippen LogP contribution is -2.46. The van der Waals surface area contributed by atoms with Crippen LogP contribution in [0.5, 0.6) is 0 Å². The number of likely N-dealkylation sites (tertiary alicyclic amines) is 1. The molecular weight excluding hydrogens is 443 g/mol. The van der Waals surface area contributed by atoms with Gasteiger partial charge in [-0.05, 0) is 51.2 Å². The predicted molar refractivity (Wildman–Crippen MR) is 126 cm³/mol. The topological polar surface area (TPSA) is 62.4 Å². The summed E-state index contributed by atoms with van der Waals surface area (Å²) in [6, 6.07) is 10.1. The zero-order valence-electron chi connectivity index (χ0n) is 18.8. The molecule has 1 saturated heterocycles. The third-order valence-corrected chi connectivity index (χ3v) is 6.87. The lowest BCUT2D eigenvalue weighted by atomic mass is 9.96. The molecule has 3 atom stereocenters. The van der Waals surface area contributed by atoms with E-state index in [1.54, 1.807) is 56.1 Å². The minimum absolute atomic E-state index is 0.0521. The summed E-state index contributed by atoms with van der Waals surface area (Å²) in [5.74, 6) is -0.311. The van der Waals surface area contributed by atoms with Crippen molar-refractivity contribution in [2.75, 3.05) is 0 Å². The number of H-pyrrole nitrogens is 1. The summed E-state index contributed by atoms with van der Waals surface area (Å²) in [4.78, 5) is 30.6. The molecule has 1 saturated carbocycles. The molecule has 1 amide bonds. The van der Waals surface area contributed by atoms with Crippen LogP contribution in [0.25, 0.3) is 22.0 Å². The number of piperidine rings is 1. The van der Waals surface area contributed by atoms with Gasteiger partial charge >= 0.3 is 6.09 Å². The summed E-state index contributed by atoms with van der Waals surface area (Å²) in [7, 11) is 0. The first-order chi connectivity index (χ1) is 15.6. The van der Waals surface area contributed by atoms with Crippen molar-refractivity contribution in [1.82, 2.24) is 9.88 Å². The Labute approximate surface area is 196 Å². The van der Waals surface area contributed by atoms with Gasteiger partial charge in [0.15, 0.2) is 5.78 Å². The highest BCUT2D eigenvalue weighted by Crippen LogP contribution is 2.48. The molecule has 1 aliphatic heterocycles. The van der Waals surface area contributed by atoms with Crippen molar-refractivity contribution >= 4 is 34.4 Å². The van der Waals surface area contributed by atoms with Crippen LogP contribution >= 0.6 is 11.6 Å². The molecule has 2 heterocycles. The lowest BCUT2D eigenvalue weighted by molar-refractivity contribution is -0.123. The van der Waals surface area contributed by atoms with Gasteiger partial charge < -0.3 is 9.72 Å². The second-order valence-electron chi connectivity index (χ2n) is 9.99. The van der Waals surface area contributed by atoms with Crippen LogP contribution in [0.1, 0.15) is 39.2 Å². The van der Waals surface area contributed by atoms with Gasteiger partial charge in [0.2, 0.25) is 0 Å². The number of nitrogens with zero attached hydrogens (tertiary/aromatic N) is 1. The van der Waals surface area contributed by atoms with E-state index in [9.17, 15) is 9.59 Å². The van der Waals surface area contributed by atoms with Crippen LogP contribution in [0.3, 0.4) is 0 Å². The van der Waals surface area contributed by atoms with Crippen molar-refractivity contribution in [3.05, 3.63) is 59.0 Å². The summed E-state index contributed by atoms with van der Waals surface area (Å²) in [6.45, 7) is 5.41. The molecule has 1 N–H and O–H groups in total. The van der Waals surface area contributed by atoms with Crippen molar-refractivity contribution in [2.24, 2.45) is 5.92 Å². The van der Waals surface area contributed by atoms with Gasteiger partial charge in [0.05, 0.1) is 16.6 Å². The molecule has 33 heavy (non-hydrogen) atoms. The van der Waals surface area contributed by atoms with Gasteiger partial charge in [-0.25, -0.2) is 9.18 Å². The second-order valence-corrected chi connectivity index (χ2v) is 10.4. The van der Waals surface area contributed by atoms with E-state index in [1.807, 2.05) is 12.1 Å². The number of carbonyl (C=O) groups excluding carboxylic acids is 2. The zero-order valence-corrected chi connectivity index (χ0v) is 19.6. The van der Waals surface area contributed by atoms with Crippen LogP contribution in [0.2, 0.25) is 5.02 Å². The quantitative estimate of drug-likeness (QED) is 0.500. The molecule has 172 valence electrons. The minimum atomic E-state index is -0.641. The van der Waals surface area contributed by atoms with Gasteiger partial charge in [0.25, 0.3) is 0 Å². The first-order valence-corrected chi connectivity index (χ1v) is 11.6. The number of halogens is 2. The molecule has 1 aliphatic carbocycles. The fraction of sp³-hybridized carbons (Fsp3) is 0.385. The second kappa shape index (κ2) is 7.87. The van der Waals surface area contributed by atoms with Crippen molar-refractivity contribution in [1.29, 1.82) is 0 Å². The maximum Gasteiger partial charge on any atom is 0.411 e. The molecule has 2 fully saturated rings. The number of aromatic nitrogens is 1. The number of aromatic amines is 1. The average molecular weight is 469 g/mol. The molecule has 2 aliphatic rings. The Balaban J connectivity index is 1.40. The molecule has 7 heteroatoms. The van der Waals surface area contributed by atoms with Gasteiger partial charge in [0, 0.05) is 35.2 Å². The van der Waals surface area contributed by atoms with E-state index < -0.39 is 23.6 Å². The SMILES string of the molecule is CC(C)(C)OC(=O)N1[C@@H]2C[C@@H]2C[C@H]1C(=O)Cc1cccc(-c2ccc3cc[nH]c3c2Cl)c1F. The van der Waals surface area contributed by atoms with Gasteiger partial charge in [-0.1, -0.05) is 41.9 Å². The highest BCUT2D eigenvalue weighted by atomic mass is 35.5. The number of ketones is 1. The Morgan fingerprint density at radius 2 is 1.94 bits per heavy atom. The van der Waals surface area contributed by atoms with Gasteiger partial charge in [-0.2, -0.15) is 0 Å². The van der Waals surface area contributed by atoms with Crippen LogP contribution in [-0.4, -0.2) is 39.4 Å². The molecule has 5 nitrogen and oxygen atoms in total. The van der Waals surface area contributed by atoms with Gasteiger partial charge in [0.1, 0.15) is 11.4 Å². The van der Waals surface area contributed by atoms with E-state index in [1.165, 1.54) is 0 Å². The number of rotatable bonds is 4. The van der Waals surface area contributed by atoms with Crippen LogP contribution < -0.4 is 0 Å². The van der Waals surface area contributed by atoms with Crippen molar-refractivity contribution in [3.63, 3.8) is 0 Å². The van der Waals surface area contributed by atoms with E-state index >= 15 is 4.39 Å². The third-order valence-electron chi connectivity index (χ3n) is 6.48. The monoisotopic (exact) mass is 468 g/mol. The van der Waals surface area contributed by atoms with Crippen LogP contribution in [0, 0.1) is 11.7 Å². The molecule has 3 aromatic rings. The molecule has 2 aromatic carbocycles. The van der Waals surface area contributed by atoms with Gasteiger partial charge in [-0.15, -0.1) is 0 Å². The predicted octanol–water partition coefficient (Wildman–Crippen LogP) is 6.14. The Bertz CT molecular complexity index is 1260. The number of hydrogen-bond donors (Lipinski definition) is 1. The van der Waals surface area contributed by atoms with E-state index in [2.05, 4.69) is 4.98 Å². The van der Waals surface area contributed by atoms with Crippen LogP contribution in [0.15, 0.2) is 42.6 Å². The Kier molecular flexibility index (Phi) is 5.24. The number of ether oxygens (including phenoxy) is 1. The Morgan fingerprint density at radius 1 is 1.15 bits per heavy atom. The average Bonchev–Trinajstić information content (AvgIpc) is 3.16. The highest BCUT2D eigenvalue weighted by Gasteiger charge is 2.56. The van der Waals surface area contributed by atoms with E-state index in [4.69, 9.17) is 16.3 Å². The number of nitrogens with one attached hydrogen (secondary N) is 1. The molecule has 5 rings (SSSR count). The van der Waals surface area contributed by atoms with Crippen LogP contribution in [-0.2, 0) is 16.0 Å². The van der Waals surface area contributed by atoms with E-state index in [-0.39, 0.29) is 18.2 Å². The fourth-order valence-corrected chi connectivity index (χ4v) is 5.18. The number of carbonyl (C=O) groups is 2. The molecule has 0 spiro atoms. The summed E-state index contributed by atoms with van der Waals surface area (Å²) in [5.41, 5.74) is 1.31. The normalized spacial score (nSPS) is 21.8. The summed E-state index contributed by atoms with van der Waals surface area (Å²) in [5, 5.41) is 1.38. The Hall–Kier alpha value is -2.86. The van der Waals surface area contributed by atoms with E-state index in [0.717, 1.165) is 17.3 Å². The smallest absolute Gasteiger partial charge is 0.411 e. The highest BCUT2D eigenvalue weighted by molar-refractivity contribution is 6.37. The minimum Gasteiger partial charge on any atom is -0.444 e. The standard InChI is InChI=1S/C26H26ClFN2O3/c1-26(2,3)33-25(32)30-19-11-16(19)12-20(30)21(31)13-15-5-4-6-18(23(15)28)17-8-7-14-9-10-29-24(14)22(17)27/h4-10,16,19-20,29H,11-13H2,1-3H3/t16-,19-,20+/m1/s1. The maximum absolute atomic E-state index is 15.5. The number of Topliss-reactive ketones (excluding diaryl/α,β-unsaturated/α-hetero) is 1. The fourth-order valence-electron chi connectivity index (χ4n) is 4.85. The first-order valence-electron chi connectivity index (χ1n) is 11.2. The van der Waals surface area contributed by atoms with Crippen molar-refractivity contribution < 1.29 is 18.7 Å². The number of hydrogen-bond acceptors (Lipinski definition) is 3. The number of amides is 1. The van der Waals surface area contributed by atoms with Crippen molar-refractivity contribution in [3.8, 4) is 11.1 Å². The first kappa shape index (κ1) is 22.0. The van der Waals surface area contributed by atoms with Crippen molar-refractivity contribution in [2.45, 2.75) is 57.7 Å². The van der Waals surface area contributed by atoms with E-state index in [0.29, 0.717) is 34.1 Å². The molecule has 0 bridgehead atoms. The number of fused-ring (bicyclic) bond motifs is 2. The van der Waals surface area contributed by atoms with Gasteiger partial charge in [-0.3, -0.25) is 9.69 Å². The van der Waals surface area contributed by atoms with Crippen LogP contribution in [0.4, 0.5) is 9.18 Å². The molecule has 1 aromatic heterocycles. The molecule has 0 radical (unpaired) electrons. The summed E-state index contributed by atoms with van der Waals surface area (Å²) < 4.78 is 21.1.